The summed E-state index contributed by atoms with van der Waals surface area (Å²) >= 11 is 0. The van der Waals surface area contributed by atoms with E-state index in [-0.39, 0.29) is 17.7 Å². The summed E-state index contributed by atoms with van der Waals surface area (Å²) in [7, 11) is 0. The first-order chi connectivity index (χ1) is 14.0. The number of nitro benzene ring substituents is 1. The van der Waals surface area contributed by atoms with Gasteiger partial charge in [0.25, 0.3) is 11.6 Å². The van der Waals surface area contributed by atoms with Crippen molar-refractivity contribution >= 4 is 23.0 Å². The highest BCUT2D eigenvalue weighted by Gasteiger charge is 2.20. The maximum atomic E-state index is 12.7. The molecular formula is C21H25N3O5. The molecule has 2 aromatic carbocycles. The number of ether oxygens (including phenoxy) is 2. The number of hydrogen-bond donors (Lipinski definition) is 1. The average molecular weight is 399 g/mol. The molecule has 0 bridgehead atoms. The summed E-state index contributed by atoms with van der Waals surface area (Å²) in [5.74, 6) is 0.420. The van der Waals surface area contributed by atoms with Crippen LogP contribution in [0.15, 0.2) is 42.5 Å². The molecular weight excluding hydrogens is 374 g/mol. The summed E-state index contributed by atoms with van der Waals surface area (Å²) < 4.78 is 11.1. The van der Waals surface area contributed by atoms with E-state index in [1.807, 2.05) is 18.7 Å². The molecule has 1 N–H and O–H groups in total. The van der Waals surface area contributed by atoms with Crippen LogP contribution in [0.1, 0.15) is 30.6 Å². The Labute approximate surface area is 169 Å². The summed E-state index contributed by atoms with van der Waals surface area (Å²) in [6, 6.07) is 11.4. The largest absolute Gasteiger partial charge is 0.491 e. The fourth-order valence-electron chi connectivity index (χ4n) is 3.00. The molecule has 2 aromatic rings. The Hall–Kier alpha value is -3.13. The van der Waals surface area contributed by atoms with Gasteiger partial charge in [0.2, 0.25) is 0 Å². The summed E-state index contributed by atoms with van der Waals surface area (Å²) in [5.41, 5.74) is 1.61. The minimum Gasteiger partial charge on any atom is -0.491 e. The number of nitrogens with one attached hydrogen (secondary N) is 1. The highest BCUT2D eigenvalue weighted by molar-refractivity contribution is 6.06. The van der Waals surface area contributed by atoms with Crippen molar-refractivity contribution in [2.24, 2.45) is 0 Å². The van der Waals surface area contributed by atoms with E-state index >= 15 is 0 Å². The van der Waals surface area contributed by atoms with E-state index in [0.29, 0.717) is 49.0 Å². The normalized spacial score (nSPS) is 14.9. The highest BCUT2D eigenvalue weighted by atomic mass is 16.6. The second-order valence-corrected chi connectivity index (χ2v) is 6.87. The first-order valence-electron chi connectivity index (χ1n) is 9.67. The van der Waals surface area contributed by atoms with Crippen molar-refractivity contribution in [2.45, 2.75) is 26.4 Å². The van der Waals surface area contributed by atoms with Crippen LogP contribution in [-0.4, -0.2) is 43.2 Å². The topological polar surface area (TPSA) is 93.9 Å². The average Bonchev–Trinajstić information content (AvgIpc) is 2.74. The van der Waals surface area contributed by atoms with Crippen LogP contribution in [0.4, 0.5) is 17.1 Å². The summed E-state index contributed by atoms with van der Waals surface area (Å²) in [4.78, 5) is 25.5. The van der Waals surface area contributed by atoms with Crippen LogP contribution in [0.5, 0.6) is 5.75 Å². The molecule has 3 rings (SSSR count). The molecule has 29 heavy (non-hydrogen) atoms. The van der Waals surface area contributed by atoms with Gasteiger partial charge in [0.15, 0.2) is 0 Å². The van der Waals surface area contributed by atoms with Crippen molar-refractivity contribution in [3.05, 3.63) is 58.1 Å². The minimum absolute atomic E-state index is 0.0176. The first-order valence-corrected chi connectivity index (χ1v) is 9.67. The molecule has 1 amide bonds. The molecule has 1 unspecified atom stereocenters. The van der Waals surface area contributed by atoms with Gasteiger partial charge < -0.3 is 19.7 Å². The van der Waals surface area contributed by atoms with Gasteiger partial charge in [-0.3, -0.25) is 14.9 Å². The minimum atomic E-state index is -0.439. The third kappa shape index (κ3) is 5.23. The lowest BCUT2D eigenvalue weighted by Gasteiger charge is -2.30. The van der Waals surface area contributed by atoms with Crippen molar-refractivity contribution < 1.29 is 19.2 Å². The van der Waals surface area contributed by atoms with E-state index in [1.54, 1.807) is 30.3 Å². The number of amides is 1. The van der Waals surface area contributed by atoms with E-state index in [1.165, 1.54) is 12.1 Å². The van der Waals surface area contributed by atoms with Gasteiger partial charge in [0.1, 0.15) is 5.75 Å². The molecule has 0 aromatic heterocycles. The first kappa shape index (κ1) is 20.6. The number of benzene rings is 2. The number of nitrogens with zero attached hydrogens (tertiary/aromatic N) is 2. The highest BCUT2D eigenvalue weighted by Crippen LogP contribution is 2.31. The van der Waals surface area contributed by atoms with E-state index in [9.17, 15) is 14.9 Å². The molecule has 0 saturated carbocycles. The zero-order valence-corrected chi connectivity index (χ0v) is 16.6. The molecule has 0 spiro atoms. The zero-order chi connectivity index (χ0) is 20.8. The number of carbonyl (C=O) groups excluding carboxylic acids is 1. The van der Waals surface area contributed by atoms with Crippen LogP contribution in [0.3, 0.4) is 0 Å². The lowest BCUT2D eigenvalue weighted by molar-refractivity contribution is -0.384. The third-order valence-electron chi connectivity index (χ3n) is 4.82. The van der Waals surface area contributed by atoms with Gasteiger partial charge in [0.05, 0.1) is 35.6 Å². The fraction of sp³-hybridized carbons (Fsp3) is 0.381. The molecule has 1 heterocycles. The van der Waals surface area contributed by atoms with Gasteiger partial charge in [-0.05, 0) is 43.7 Å². The Kier molecular flexibility index (Phi) is 6.66. The molecule has 8 heteroatoms. The summed E-state index contributed by atoms with van der Waals surface area (Å²) in [6.07, 6.45) is 0.998. The second kappa shape index (κ2) is 9.38. The summed E-state index contributed by atoms with van der Waals surface area (Å²) in [6.45, 7) is 6.31. The maximum Gasteiger partial charge on any atom is 0.271 e. The van der Waals surface area contributed by atoms with Crippen LogP contribution in [-0.2, 0) is 4.74 Å². The van der Waals surface area contributed by atoms with Crippen molar-refractivity contribution in [3.8, 4) is 5.75 Å². The predicted octanol–water partition coefficient (Wildman–Crippen LogP) is 3.86. The Bertz CT molecular complexity index is 863. The maximum absolute atomic E-state index is 12.7. The number of hydrogen-bond acceptors (Lipinski definition) is 6. The lowest BCUT2D eigenvalue weighted by atomic mass is 10.1. The second-order valence-electron chi connectivity index (χ2n) is 6.87. The van der Waals surface area contributed by atoms with Crippen LogP contribution >= 0.6 is 0 Å². The van der Waals surface area contributed by atoms with Crippen LogP contribution in [0.2, 0.25) is 0 Å². The SMILES string of the molecule is CCC(C)Oc1ccc(C(=O)Nc2ccc([N+](=O)[O-])cc2N2CCOCC2)cc1. The molecule has 1 aliphatic rings. The molecule has 154 valence electrons. The Balaban J connectivity index is 1.79. The van der Waals surface area contributed by atoms with Crippen molar-refractivity contribution in [1.29, 1.82) is 0 Å². The van der Waals surface area contributed by atoms with Crippen molar-refractivity contribution in [1.82, 2.24) is 0 Å². The fourth-order valence-corrected chi connectivity index (χ4v) is 3.00. The number of rotatable bonds is 7. The predicted molar refractivity (Wildman–Crippen MR) is 111 cm³/mol. The van der Waals surface area contributed by atoms with Crippen LogP contribution in [0.25, 0.3) is 0 Å². The number of non-ortho nitro benzene ring substituents is 1. The number of carbonyl (C=O) groups is 1. The monoisotopic (exact) mass is 399 g/mol. The number of nitro groups is 1. The van der Waals surface area contributed by atoms with Crippen molar-refractivity contribution in [2.75, 3.05) is 36.5 Å². The standard InChI is InChI=1S/C21H25N3O5/c1-3-15(2)29-18-7-4-16(5-8-18)21(25)22-19-9-6-17(24(26)27)14-20(19)23-10-12-28-13-11-23/h4-9,14-15H,3,10-13H2,1-2H3,(H,22,25). The number of anilines is 2. The molecule has 8 nitrogen and oxygen atoms in total. The number of morpholine rings is 1. The van der Waals surface area contributed by atoms with E-state index in [0.717, 1.165) is 6.42 Å². The van der Waals surface area contributed by atoms with E-state index in [2.05, 4.69) is 5.32 Å². The van der Waals surface area contributed by atoms with Gasteiger partial charge >= 0.3 is 0 Å². The van der Waals surface area contributed by atoms with Crippen LogP contribution < -0.4 is 15.0 Å². The molecule has 1 fully saturated rings. The Morgan fingerprint density at radius 2 is 1.93 bits per heavy atom. The van der Waals surface area contributed by atoms with E-state index < -0.39 is 4.92 Å². The third-order valence-corrected chi connectivity index (χ3v) is 4.82. The quantitative estimate of drug-likeness (QED) is 0.561. The molecule has 0 radical (unpaired) electrons. The Morgan fingerprint density at radius 1 is 1.24 bits per heavy atom. The van der Waals surface area contributed by atoms with Gasteiger partial charge in [-0.2, -0.15) is 0 Å². The van der Waals surface area contributed by atoms with Crippen molar-refractivity contribution in [3.63, 3.8) is 0 Å². The lowest BCUT2D eigenvalue weighted by Crippen LogP contribution is -2.36. The molecule has 1 saturated heterocycles. The smallest absolute Gasteiger partial charge is 0.271 e. The van der Waals surface area contributed by atoms with Gasteiger partial charge in [0, 0.05) is 30.8 Å². The van der Waals surface area contributed by atoms with E-state index in [4.69, 9.17) is 9.47 Å². The van der Waals surface area contributed by atoms with Gasteiger partial charge in [-0.15, -0.1) is 0 Å². The Morgan fingerprint density at radius 3 is 2.55 bits per heavy atom. The van der Waals surface area contributed by atoms with Gasteiger partial charge in [-0.25, -0.2) is 0 Å². The van der Waals surface area contributed by atoms with Crippen LogP contribution in [0, 0.1) is 10.1 Å². The molecule has 0 aliphatic carbocycles. The zero-order valence-electron chi connectivity index (χ0n) is 16.6. The molecule has 1 atom stereocenters. The summed E-state index contributed by atoms with van der Waals surface area (Å²) in [5, 5.41) is 14.1. The van der Waals surface area contributed by atoms with Gasteiger partial charge in [-0.1, -0.05) is 6.92 Å². The molecule has 1 aliphatic heterocycles.